The zero-order valence-corrected chi connectivity index (χ0v) is 26.1. The van der Waals surface area contributed by atoms with Gasteiger partial charge in [0.15, 0.2) is 5.67 Å². The lowest BCUT2D eigenvalue weighted by Crippen LogP contribution is -2.50. The molecule has 0 unspecified atom stereocenters. The van der Waals surface area contributed by atoms with Crippen molar-refractivity contribution in [1.29, 1.82) is 0 Å². The van der Waals surface area contributed by atoms with Gasteiger partial charge in [-0.3, -0.25) is 4.90 Å². The zero-order valence-electron chi connectivity index (χ0n) is 26.1. The highest BCUT2D eigenvalue weighted by molar-refractivity contribution is 5.57. The number of hydrogen-bond donors (Lipinski definition) is 1. The molecule has 0 radical (unpaired) electrons. The average molecular weight is 562 g/mol. The molecule has 3 heterocycles. The number of nitrogens with two attached hydrogens (primary N) is 1. The Labute approximate surface area is 248 Å². The smallest absolute Gasteiger partial charge is 0.152 e. The highest BCUT2D eigenvalue weighted by Crippen LogP contribution is 2.38. The number of anilines is 1. The Balaban J connectivity index is 0.00000226. The summed E-state index contributed by atoms with van der Waals surface area (Å²) in [5.41, 5.74) is 10.9. The number of hydrogen-bond acceptors (Lipinski definition) is 5. The fourth-order valence-electron chi connectivity index (χ4n) is 6.14. The number of rotatable bonds is 9. The van der Waals surface area contributed by atoms with Crippen LogP contribution in [-0.4, -0.2) is 59.2 Å². The van der Waals surface area contributed by atoms with Gasteiger partial charge >= 0.3 is 0 Å². The van der Waals surface area contributed by atoms with Crippen molar-refractivity contribution in [3.05, 3.63) is 95.7 Å². The molecule has 2 fully saturated rings. The van der Waals surface area contributed by atoms with Gasteiger partial charge < -0.3 is 15.5 Å². The molecule has 2 aliphatic heterocycles. The predicted molar refractivity (Wildman–Crippen MR) is 173 cm³/mol. The Kier molecular flexibility index (Phi) is 12.0. The molecule has 1 aliphatic carbocycles. The highest BCUT2D eigenvalue weighted by atomic mass is 19.1. The van der Waals surface area contributed by atoms with Crippen molar-refractivity contribution in [2.24, 2.45) is 5.73 Å². The van der Waals surface area contributed by atoms with Crippen LogP contribution in [0.2, 0.25) is 0 Å². The summed E-state index contributed by atoms with van der Waals surface area (Å²) < 4.78 is 16.3. The summed E-state index contributed by atoms with van der Waals surface area (Å²) in [6, 6.07) is 4.46. The molecule has 0 atom stereocenters. The Morgan fingerprint density at radius 1 is 1.20 bits per heavy atom. The molecule has 0 amide bonds. The van der Waals surface area contributed by atoms with E-state index < -0.39 is 5.67 Å². The SMILES string of the molecule is C=C/C=C(\C=C(/C)N)CN1CCC(F)(C(=C)N2CCC(N(C3=C(C)CCC=C3)c3ncccc3C)CC2)CC1.CC. The molecule has 0 aromatic carbocycles. The summed E-state index contributed by atoms with van der Waals surface area (Å²) in [5, 5.41) is 0. The maximum absolute atomic E-state index is 16.3. The van der Waals surface area contributed by atoms with Gasteiger partial charge in [-0.25, -0.2) is 9.37 Å². The van der Waals surface area contributed by atoms with Crippen LogP contribution in [0.25, 0.3) is 0 Å². The summed E-state index contributed by atoms with van der Waals surface area (Å²) in [4.78, 5) is 11.8. The zero-order chi connectivity index (χ0) is 30.0. The second-order valence-electron chi connectivity index (χ2n) is 11.4. The summed E-state index contributed by atoms with van der Waals surface area (Å²) >= 11 is 0. The van der Waals surface area contributed by atoms with E-state index in [2.05, 4.69) is 59.9 Å². The quantitative estimate of drug-likeness (QED) is 0.315. The predicted octanol–water partition coefficient (Wildman–Crippen LogP) is 7.60. The second-order valence-corrected chi connectivity index (χ2v) is 11.4. The molecule has 41 heavy (non-hydrogen) atoms. The van der Waals surface area contributed by atoms with E-state index in [-0.39, 0.29) is 0 Å². The average Bonchev–Trinajstić information content (AvgIpc) is 2.97. The Bertz CT molecular complexity index is 1160. The molecule has 5 nitrogen and oxygen atoms in total. The number of nitrogens with zero attached hydrogens (tertiary/aromatic N) is 4. The van der Waals surface area contributed by atoms with Crippen LogP contribution in [0.1, 0.15) is 71.8 Å². The molecule has 1 aromatic heterocycles. The van der Waals surface area contributed by atoms with Gasteiger partial charge in [-0.05, 0) is 94.2 Å². The maximum atomic E-state index is 16.3. The molecule has 3 aliphatic rings. The molecule has 0 bridgehead atoms. The molecule has 0 spiro atoms. The highest BCUT2D eigenvalue weighted by Gasteiger charge is 2.41. The lowest BCUT2D eigenvalue weighted by atomic mass is 9.88. The molecule has 0 saturated carbocycles. The van der Waals surface area contributed by atoms with Gasteiger partial charge in [0.2, 0.25) is 0 Å². The second kappa shape index (κ2) is 15.2. The van der Waals surface area contributed by atoms with Gasteiger partial charge in [-0.15, -0.1) is 0 Å². The van der Waals surface area contributed by atoms with Gasteiger partial charge in [-0.2, -0.15) is 0 Å². The van der Waals surface area contributed by atoms with E-state index >= 15 is 4.39 Å². The lowest BCUT2D eigenvalue weighted by molar-refractivity contribution is 0.0607. The molecule has 1 aromatic rings. The number of alkyl halides is 1. The van der Waals surface area contributed by atoms with Crippen molar-refractivity contribution < 1.29 is 4.39 Å². The number of allylic oxidation sites excluding steroid dienone is 7. The van der Waals surface area contributed by atoms with Crippen LogP contribution in [0.5, 0.6) is 0 Å². The minimum atomic E-state index is -1.35. The van der Waals surface area contributed by atoms with E-state index in [0.29, 0.717) is 37.7 Å². The van der Waals surface area contributed by atoms with Crippen LogP contribution in [0.4, 0.5) is 10.2 Å². The monoisotopic (exact) mass is 561 g/mol. The van der Waals surface area contributed by atoms with Gasteiger partial charge in [-0.1, -0.05) is 51.3 Å². The largest absolute Gasteiger partial charge is 0.402 e. The van der Waals surface area contributed by atoms with E-state index in [0.717, 1.165) is 62.4 Å². The molecule has 6 heteroatoms. The van der Waals surface area contributed by atoms with E-state index in [1.165, 1.54) is 16.8 Å². The summed E-state index contributed by atoms with van der Waals surface area (Å²) in [7, 11) is 0. The van der Waals surface area contributed by atoms with Gasteiger partial charge in [0.25, 0.3) is 0 Å². The summed E-state index contributed by atoms with van der Waals surface area (Å²) in [6.07, 6.45) is 17.2. The molecule has 2 N–H and O–H groups in total. The van der Waals surface area contributed by atoms with Crippen LogP contribution in [-0.2, 0) is 0 Å². The van der Waals surface area contributed by atoms with Crippen LogP contribution in [0.3, 0.4) is 0 Å². The van der Waals surface area contributed by atoms with Gasteiger partial charge in [0, 0.05) is 62.1 Å². The standard InChI is InChI=1S/C33H46FN5.C2H6/c1-6-10-29(23-27(4)35)24-37-21-16-33(34,17-22-37)28(5)38-19-14-30(15-20-38)39(31-13-8-7-11-25(31)2)32-26(3)12-9-18-36-32;1-2/h6,8-10,12-13,18,23,30H,1,5,7,11,14-17,19-22,24,35H2,2-4H3;1-2H3/b27-23+,29-10+;. The molecular weight excluding hydrogens is 509 g/mol. The van der Waals surface area contributed by atoms with E-state index in [1.54, 1.807) is 6.08 Å². The van der Waals surface area contributed by atoms with E-state index in [1.807, 2.05) is 45.2 Å². The first-order valence-corrected chi connectivity index (χ1v) is 15.4. The maximum Gasteiger partial charge on any atom is 0.152 e. The lowest BCUT2D eigenvalue weighted by Gasteiger charge is -2.46. The third-order valence-electron chi connectivity index (χ3n) is 8.40. The first-order chi connectivity index (χ1) is 19.7. The topological polar surface area (TPSA) is 48.6 Å². The summed E-state index contributed by atoms with van der Waals surface area (Å²) in [6.45, 7) is 22.1. The molecule has 4 rings (SSSR count). The number of aryl methyl sites for hydroxylation is 1. The fourth-order valence-corrected chi connectivity index (χ4v) is 6.14. The Hall–Kier alpha value is -3.12. The van der Waals surface area contributed by atoms with Crippen LogP contribution in [0, 0.1) is 6.92 Å². The Morgan fingerprint density at radius 2 is 1.88 bits per heavy atom. The number of halogens is 1. The summed E-state index contributed by atoms with van der Waals surface area (Å²) in [5.74, 6) is 1.04. The fraction of sp³-hybridized carbons (Fsp3) is 0.514. The number of aromatic nitrogens is 1. The van der Waals surface area contributed by atoms with Crippen molar-refractivity contribution in [1.82, 2.24) is 14.8 Å². The van der Waals surface area contributed by atoms with Crippen LogP contribution < -0.4 is 10.6 Å². The third kappa shape index (κ3) is 8.22. The van der Waals surface area contributed by atoms with Crippen LogP contribution in [0.15, 0.2) is 90.1 Å². The normalized spacial score (nSPS) is 20.4. The molecule has 2 saturated heterocycles. The van der Waals surface area contributed by atoms with E-state index in [4.69, 9.17) is 10.7 Å². The first-order valence-electron chi connectivity index (χ1n) is 15.4. The number of pyridine rings is 1. The van der Waals surface area contributed by atoms with Crippen molar-refractivity contribution in [2.45, 2.75) is 84.9 Å². The molecule has 224 valence electrons. The minimum absolute atomic E-state index is 0.321. The van der Waals surface area contributed by atoms with E-state index in [9.17, 15) is 0 Å². The number of likely N-dealkylation sites (tertiary alicyclic amines) is 2. The van der Waals surface area contributed by atoms with Crippen molar-refractivity contribution >= 4 is 5.82 Å². The molecular formula is C35H52FN5. The van der Waals surface area contributed by atoms with Crippen molar-refractivity contribution in [3.63, 3.8) is 0 Å². The third-order valence-corrected chi connectivity index (χ3v) is 8.40. The Morgan fingerprint density at radius 3 is 2.46 bits per heavy atom. The van der Waals surface area contributed by atoms with Gasteiger partial charge in [0.1, 0.15) is 5.82 Å². The first kappa shape index (κ1) is 32.4. The van der Waals surface area contributed by atoms with Gasteiger partial charge in [0.05, 0.1) is 0 Å². The van der Waals surface area contributed by atoms with Crippen molar-refractivity contribution in [2.75, 3.05) is 37.6 Å². The van der Waals surface area contributed by atoms with Crippen LogP contribution >= 0.6 is 0 Å². The number of piperidine rings is 2. The minimum Gasteiger partial charge on any atom is -0.402 e. The van der Waals surface area contributed by atoms with Crippen molar-refractivity contribution in [3.8, 4) is 0 Å².